The van der Waals surface area contributed by atoms with Crippen molar-refractivity contribution in [3.05, 3.63) is 29.6 Å². The Kier molecular flexibility index (Phi) is 3.94. The van der Waals surface area contributed by atoms with E-state index in [2.05, 4.69) is 17.3 Å². The molecule has 2 heterocycles. The fourth-order valence-electron chi connectivity index (χ4n) is 2.66. The Morgan fingerprint density at radius 2 is 2.26 bits per heavy atom. The molecular formula is C16H20N4O3. The van der Waals surface area contributed by atoms with E-state index in [9.17, 15) is 9.59 Å². The number of ether oxygens (including phenoxy) is 1. The maximum Gasteiger partial charge on any atom is 0.339 e. The highest BCUT2D eigenvalue weighted by molar-refractivity contribution is 6.03. The lowest BCUT2D eigenvalue weighted by Crippen LogP contribution is -2.22. The number of anilines is 1. The van der Waals surface area contributed by atoms with Crippen LogP contribution in [0.3, 0.4) is 0 Å². The monoisotopic (exact) mass is 316 g/mol. The Morgan fingerprint density at radius 3 is 2.87 bits per heavy atom. The van der Waals surface area contributed by atoms with Crippen LogP contribution in [0.2, 0.25) is 0 Å². The molecule has 0 aromatic carbocycles. The number of rotatable bonds is 6. The number of nitrogens with one attached hydrogen (secondary N) is 1. The summed E-state index contributed by atoms with van der Waals surface area (Å²) in [5, 5.41) is 7.53. The highest BCUT2D eigenvalue weighted by Gasteiger charge is 2.29. The maximum absolute atomic E-state index is 11.9. The second kappa shape index (κ2) is 5.91. The van der Waals surface area contributed by atoms with E-state index in [-0.39, 0.29) is 6.04 Å². The normalized spacial score (nSPS) is 15.4. The Labute approximate surface area is 133 Å². The summed E-state index contributed by atoms with van der Waals surface area (Å²) in [6.45, 7) is 4.13. The largest absolute Gasteiger partial charge is 0.462 e. The molecule has 7 heteroatoms. The van der Waals surface area contributed by atoms with Gasteiger partial charge in [0.05, 0.1) is 35.1 Å². The molecular weight excluding hydrogens is 296 g/mol. The highest BCUT2D eigenvalue weighted by Crippen LogP contribution is 2.35. The van der Waals surface area contributed by atoms with Crippen molar-refractivity contribution in [2.75, 3.05) is 11.9 Å². The van der Waals surface area contributed by atoms with Gasteiger partial charge in [0.2, 0.25) is 0 Å². The van der Waals surface area contributed by atoms with Gasteiger partial charge in [0.25, 0.3) is 5.91 Å². The standard InChI is InChI=1S/C16H20N4O3/c1-3-23-16(22)11-6-13-14(19-9(2)10-4-5-10)12(15(17)21)7-18-20(13)8-11/h6-10,19H,3-5H2,1-2H3,(H2,17,21). The number of carbonyl (C=O) groups excluding carboxylic acids is 2. The first-order valence-corrected chi connectivity index (χ1v) is 7.76. The van der Waals surface area contributed by atoms with Crippen molar-refractivity contribution in [3.63, 3.8) is 0 Å². The molecule has 3 rings (SSSR count). The van der Waals surface area contributed by atoms with Crippen LogP contribution in [0, 0.1) is 5.92 Å². The summed E-state index contributed by atoms with van der Waals surface area (Å²) in [6, 6.07) is 1.89. The molecule has 1 aliphatic carbocycles. The summed E-state index contributed by atoms with van der Waals surface area (Å²) in [5.41, 5.74) is 7.43. The summed E-state index contributed by atoms with van der Waals surface area (Å²) >= 11 is 0. The van der Waals surface area contributed by atoms with Crippen LogP contribution < -0.4 is 11.1 Å². The van der Waals surface area contributed by atoms with E-state index in [1.54, 1.807) is 23.7 Å². The number of carbonyl (C=O) groups is 2. The molecule has 1 aliphatic rings. The maximum atomic E-state index is 11.9. The minimum absolute atomic E-state index is 0.222. The third kappa shape index (κ3) is 2.99. The summed E-state index contributed by atoms with van der Waals surface area (Å²) in [6.07, 6.45) is 5.37. The van der Waals surface area contributed by atoms with E-state index in [1.165, 1.54) is 19.0 Å². The number of hydrogen-bond donors (Lipinski definition) is 2. The molecule has 1 amide bonds. The lowest BCUT2D eigenvalue weighted by atomic mass is 10.1. The third-order valence-electron chi connectivity index (χ3n) is 4.11. The number of hydrogen-bond acceptors (Lipinski definition) is 5. The van der Waals surface area contributed by atoms with Gasteiger partial charge in [-0.3, -0.25) is 4.79 Å². The number of aromatic nitrogens is 2. The number of esters is 1. The van der Waals surface area contributed by atoms with Crippen LogP contribution in [-0.4, -0.2) is 34.1 Å². The second-order valence-corrected chi connectivity index (χ2v) is 5.85. The van der Waals surface area contributed by atoms with Crippen molar-refractivity contribution < 1.29 is 14.3 Å². The molecule has 1 saturated carbocycles. The zero-order chi connectivity index (χ0) is 16.6. The van der Waals surface area contributed by atoms with Gasteiger partial charge in [-0.1, -0.05) is 0 Å². The average Bonchev–Trinajstić information content (AvgIpc) is 3.26. The molecule has 122 valence electrons. The van der Waals surface area contributed by atoms with Gasteiger partial charge < -0.3 is 15.8 Å². The van der Waals surface area contributed by atoms with Gasteiger partial charge in [0.15, 0.2) is 0 Å². The molecule has 2 aromatic heterocycles. The number of primary amides is 1. The molecule has 23 heavy (non-hydrogen) atoms. The Morgan fingerprint density at radius 1 is 1.52 bits per heavy atom. The predicted molar refractivity (Wildman–Crippen MR) is 85.5 cm³/mol. The van der Waals surface area contributed by atoms with Gasteiger partial charge in [-0.05, 0) is 38.7 Å². The van der Waals surface area contributed by atoms with E-state index in [4.69, 9.17) is 10.5 Å². The summed E-state index contributed by atoms with van der Waals surface area (Å²) in [5.74, 6) is -0.368. The molecule has 0 aliphatic heterocycles. The highest BCUT2D eigenvalue weighted by atomic mass is 16.5. The lowest BCUT2D eigenvalue weighted by Gasteiger charge is -2.17. The molecule has 0 radical (unpaired) electrons. The van der Waals surface area contributed by atoms with Gasteiger partial charge in [-0.15, -0.1) is 0 Å². The molecule has 1 unspecified atom stereocenters. The topological polar surface area (TPSA) is 98.7 Å². The van der Waals surface area contributed by atoms with Crippen LogP contribution in [0.5, 0.6) is 0 Å². The molecule has 0 bridgehead atoms. The van der Waals surface area contributed by atoms with Crippen LogP contribution >= 0.6 is 0 Å². The van der Waals surface area contributed by atoms with Gasteiger partial charge in [-0.2, -0.15) is 5.10 Å². The Hall–Kier alpha value is -2.57. The lowest BCUT2D eigenvalue weighted by molar-refractivity contribution is 0.0526. The van der Waals surface area contributed by atoms with Gasteiger partial charge in [0.1, 0.15) is 0 Å². The first-order valence-electron chi connectivity index (χ1n) is 7.76. The van der Waals surface area contributed by atoms with E-state index in [0.29, 0.717) is 34.9 Å². The molecule has 1 fully saturated rings. The van der Waals surface area contributed by atoms with E-state index >= 15 is 0 Å². The van der Waals surface area contributed by atoms with Crippen LogP contribution in [0.1, 0.15) is 47.4 Å². The summed E-state index contributed by atoms with van der Waals surface area (Å²) in [4.78, 5) is 23.6. The van der Waals surface area contributed by atoms with Crippen LogP contribution in [0.25, 0.3) is 5.52 Å². The fourth-order valence-corrected chi connectivity index (χ4v) is 2.66. The quantitative estimate of drug-likeness (QED) is 0.792. The predicted octanol–water partition coefficient (Wildman–Crippen LogP) is 1.82. The SMILES string of the molecule is CCOC(=O)c1cc2c(NC(C)C3CC3)c(C(N)=O)cnn2c1. The molecule has 0 spiro atoms. The zero-order valence-corrected chi connectivity index (χ0v) is 13.2. The van der Waals surface area contributed by atoms with Gasteiger partial charge in [-0.25, -0.2) is 9.31 Å². The van der Waals surface area contributed by atoms with E-state index in [0.717, 1.165) is 0 Å². The summed E-state index contributed by atoms with van der Waals surface area (Å²) < 4.78 is 6.57. The first-order chi connectivity index (χ1) is 11.0. The average molecular weight is 316 g/mol. The van der Waals surface area contributed by atoms with Crippen molar-refractivity contribution in [1.29, 1.82) is 0 Å². The van der Waals surface area contributed by atoms with Crippen LogP contribution in [-0.2, 0) is 4.74 Å². The third-order valence-corrected chi connectivity index (χ3v) is 4.11. The minimum Gasteiger partial charge on any atom is -0.462 e. The smallest absolute Gasteiger partial charge is 0.339 e. The molecule has 2 aromatic rings. The molecule has 3 N–H and O–H groups in total. The van der Waals surface area contributed by atoms with Crippen molar-refractivity contribution in [2.24, 2.45) is 11.7 Å². The van der Waals surface area contributed by atoms with Crippen LogP contribution in [0.15, 0.2) is 18.5 Å². The Bertz CT molecular complexity index is 764. The Balaban J connectivity index is 2.05. The van der Waals surface area contributed by atoms with Gasteiger partial charge >= 0.3 is 5.97 Å². The second-order valence-electron chi connectivity index (χ2n) is 5.85. The van der Waals surface area contributed by atoms with Crippen molar-refractivity contribution >= 4 is 23.1 Å². The number of nitrogens with two attached hydrogens (primary N) is 1. The molecule has 1 atom stereocenters. The number of amides is 1. The van der Waals surface area contributed by atoms with Crippen LogP contribution in [0.4, 0.5) is 5.69 Å². The number of fused-ring (bicyclic) bond motifs is 1. The summed E-state index contributed by atoms with van der Waals surface area (Å²) in [7, 11) is 0. The van der Waals surface area contributed by atoms with Crippen molar-refractivity contribution in [3.8, 4) is 0 Å². The van der Waals surface area contributed by atoms with Gasteiger partial charge in [0, 0.05) is 12.2 Å². The first kappa shape index (κ1) is 15.3. The number of nitrogens with zero attached hydrogens (tertiary/aromatic N) is 2. The van der Waals surface area contributed by atoms with Crippen molar-refractivity contribution in [1.82, 2.24) is 9.61 Å². The molecule has 0 saturated heterocycles. The minimum atomic E-state index is -0.551. The zero-order valence-electron chi connectivity index (χ0n) is 13.2. The van der Waals surface area contributed by atoms with Crippen molar-refractivity contribution in [2.45, 2.75) is 32.7 Å². The fraction of sp³-hybridized carbons (Fsp3) is 0.438. The molecule has 7 nitrogen and oxygen atoms in total. The van der Waals surface area contributed by atoms with E-state index in [1.807, 2.05) is 0 Å². The van der Waals surface area contributed by atoms with E-state index < -0.39 is 11.9 Å².